The number of piperidine rings is 1. The van der Waals surface area contributed by atoms with Gasteiger partial charge in [0.1, 0.15) is 0 Å². The summed E-state index contributed by atoms with van der Waals surface area (Å²) in [5.74, 6) is 0.920. The molecule has 0 radical (unpaired) electrons. The highest BCUT2D eigenvalue weighted by Crippen LogP contribution is 2.21. The summed E-state index contributed by atoms with van der Waals surface area (Å²) < 4.78 is 0. The van der Waals surface area contributed by atoms with E-state index in [9.17, 15) is 4.79 Å². The van der Waals surface area contributed by atoms with Crippen LogP contribution in [0, 0.1) is 5.92 Å². The lowest BCUT2D eigenvalue weighted by Crippen LogP contribution is -2.43. The van der Waals surface area contributed by atoms with Crippen molar-refractivity contribution in [3.8, 4) is 0 Å². The molecule has 0 aliphatic carbocycles. The number of hydrogen-bond donors (Lipinski definition) is 1. The summed E-state index contributed by atoms with van der Waals surface area (Å²) in [4.78, 5) is 14.5. The predicted molar refractivity (Wildman–Crippen MR) is 102 cm³/mol. The first-order valence-corrected chi connectivity index (χ1v) is 9.32. The van der Waals surface area contributed by atoms with Gasteiger partial charge in [-0.25, -0.2) is 0 Å². The van der Waals surface area contributed by atoms with Crippen molar-refractivity contribution in [2.24, 2.45) is 5.92 Å². The molecule has 1 fully saturated rings. The van der Waals surface area contributed by atoms with Crippen molar-refractivity contribution in [1.29, 1.82) is 0 Å². The van der Waals surface area contributed by atoms with E-state index in [4.69, 9.17) is 0 Å². The Morgan fingerprint density at radius 3 is 2.28 bits per heavy atom. The molecule has 1 amide bonds. The lowest BCUT2D eigenvalue weighted by Gasteiger charge is -2.32. The maximum absolute atomic E-state index is 12.5. The maximum Gasteiger partial charge on any atom is 0.236 e. The van der Waals surface area contributed by atoms with Crippen molar-refractivity contribution < 1.29 is 4.79 Å². The van der Waals surface area contributed by atoms with Crippen molar-refractivity contribution in [3.05, 3.63) is 71.8 Å². The quantitative estimate of drug-likeness (QED) is 0.870. The van der Waals surface area contributed by atoms with Crippen molar-refractivity contribution in [2.45, 2.75) is 32.2 Å². The Bertz CT molecular complexity index is 648. The van der Waals surface area contributed by atoms with Crippen LogP contribution in [0.5, 0.6) is 0 Å². The van der Waals surface area contributed by atoms with Gasteiger partial charge in [0.15, 0.2) is 0 Å². The van der Waals surface area contributed by atoms with Gasteiger partial charge in [0.25, 0.3) is 0 Å². The van der Waals surface area contributed by atoms with Crippen LogP contribution in [0.2, 0.25) is 0 Å². The summed E-state index contributed by atoms with van der Waals surface area (Å²) in [5, 5.41) is 3.36. The van der Waals surface area contributed by atoms with Gasteiger partial charge in [-0.15, -0.1) is 0 Å². The van der Waals surface area contributed by atoms with Gasteiger partial charge in [0.05, 0.1) is 6.54 Å². The monoisotopic (exact) mass is 336 g/mol. The third-order valence-electron chi connectivity index (χ3n) is 5.19. The molecule has 1 N–H and O–H groups in total. The Hall–Kier alpha value is -2.13. The maximum atomic E-state index is 12.5. The van der Waals surface area contributed by atoms with Gasteiger partial charge in [-0.2, -0.15) is 0 Å². The average Bonchev–Trinajstić information content (AvgIpc) is 2.68. The first-order chi connectivity index (χ1) is 12.2. The highest BCUT2D eigenvalue weighted by Gasteiger charge is 2.23. The molecule has 3 rings (SSSR count). The fraction of sp³-hybridized carbons (Fsp3) is 0.409. The van der Waals surface area contributed by atoms with Crippen molar-refractivity contribution in [3.63, 3.8) is 0 Å². The molecule has 0 bridgehead atoms. The van der Waals surface area contributed by atoms with E-state index < -0.39 is 0 Å². The van der Waals surface area contributed by atoms with Crippen LogP contribution >= 0.6 is 0 Å². The summed E-state index contributed by atoms with van der Waals surface area (Å²) in [7, 11) is 0. The van der Waals surface area contributed by atoms with Crippen LogP contribution in [0.15, 0.2) is 60.7 Å². The number of hydrogen-bond acceptors (Lipinski definition) is 2. The highest BCUT2D eigenvalue weighted by molar-refractivity contribution is 5.78. The molecule has 25 heavy (non-hydrogen) atoms. The zero-order chi connectivity index (χ0) is 17.5. The molecule has 0 aromatic heterocycles. The molecule has 0 unspecified atom stereocenters. The minimum Gasteiger partial charge on any atom is -0.342 e. The van der Waals surface area contributed by atoms with Gasteiger partial charge in [-0.3, -0.25) is 4.79 Å². The largest absolute Gasteiger partial charge is 0.342 e. The molecule has 1 aliphatic heterocycles. The van der Waals surface area contributed by atoms with Gasteiger partial charge < -0.3 is 10.2 Å². The number of likely N-dealkylation sites (tertiary alicyclic amines) is 1. The van der Waals surface area contributed by atoms with Gasteiger partial charge in [-0.1, -0.05) is 60.7 Å². The molecule has 1 saturated heterocycles. The molecule has 3 heteroatoms. The second kappa shape index (κ2) is 8.82. The SMILES string of the molecule is C[C@H](NCC(=O)N1CCC(Cc2ccccc2)CC1)c1ccccc1. The van der Waals surface area contributed by atoms with E-state index in [1.807, 2.05) is 23.1 Å². The molecule has 2 aromatic carbocycles. The molecular formula is C22H28N2O. The Morgan fingerprint density at radius 2 is 1.64 bits per heavy atom. The predicted octanol–water partition coefficient (Wildman–Crippen LogP) is 3.82. The summed E-state index contributed by atoms with van der Waals surface area (Å²) >= 11 is 0. The number of amides is 1. The van der Waals surface area contributed by atoms with Crippen LogP contribution in [0.4, 0.5) is 0 Å². The topological polar surface area (TPSA) is 32.3 Å². The van der Waals surface area contributed by atoms with Gasteiger partial charge in [0, 0.05) is 19.1 Å². The molecule has 1 aliphatic rings. The third kappa shape index (κ3) is 5.17. The molecule has 3 nitrogen and oxygen atoms in total. The lowest BCUT2D eigenvalue weighted by molar-refractivity contribution is -0.131. The van der Waals surface area contributed by atoms with Gasteiger partial charge >= 0.3 is 0 Å². The van der Waals surface area contributed by atoms with E-state index in [-0.39, 0.29) is 11.9 Å². The molecular weight excluding hydrogens is 308 g/mol. The molecule has 2 aromatic rings. The zero-order valence-electron chi connectivity index (χ0n) is 15.0. The minimum absolute atomic E-state index is 0.195. The average molecular weight is 336 g/mol. The summed E-state index contributed by atoms with van der Waals surface area (Å²) in [6, 6.07) is 21.1. The van der Waals surface area contributed by atoms with E-state index in [0.29, 0.717) is 12.5 Å². The molecule has 132 valence electrons. The molecule has 1 heterocycles. The van der Waals surface area contributed by atoms with Crippen LogP contribution in [-0.2, 0) is 11.2 Å². The van der Waals surface area contributed by atoms with E-state index in [1.54, 1.807) is 0 Å². The first-order valence-electron chi connectivity index (χ1n) is 9.32. The number of nitrogens with zero attached hydrogens (tertiary/aromatic N) is 1. The number of carbonyl (C=O) groups excluding carboxylic acids is 1. The number of rotatable bonds is 6. The standard InChI is InChI=1S/C22H28N2O/c1-18(21-10-6-3-7-11-21)23-17-22(25)24-14-12-20(13-15-24)16-19-8-4-2-5-9-19/h2-11,18,20,23H,12-17H2,1H3/t18-/m0/s1. The second-order valence-electron chi connectivity index (χ2n) is 7.03. The van der Waals surface area contributed by atoms with Crippen molar-refractivity contribution >= 4 is 5.91 Å². The molecule has 1 atom stereocenters. The fourth-order valence-corrected chi connectivity index (χ4v) is 3.55. The third-order valence-corrected chi connectivity index (χ3v) is 5.19. The Balaban J connectivity index is 1.41. The summed E-state index contributed by atoms with van der Waals surface area (Å²) in [6.07, 6.45) is 3.34. The highest BCUT2D eigenvalue weighted by atomic mass is 16.2. The lowest BCUT2D eigenvalue weighted by atomic mass is 9.90. The zero-order valence-corrected chi connectivity index (χ0v) is 15.0. The Kier molecular flexibility index (Phi) is 6.24. The van der Waals surface area contributed by atoms with Crippen LogP contribution in [0.1, 0.15) is 36.9 Å². The van der Waals surface area contributed by atoms with Gasteiger partial charge in [0.2, 0.25) is 5.91 Å². The fourth-order valence-electron chi connectivity index (χ4n) is 3.55. The van der Waals surface area contributed by atoms with Crippen LogP contribution < -0.4 is 5.32 Å². The molecule has 0 spiro atoms. The van der Waals surface area contributed by atoms with Crippen LogP contribution in [0.25, 0.3) is 0 Å². The first kappa shape index (κ1) is 17.7. The van der Waals surface area contributed by atoms with E-state index in [1.165, 1.54) is 11.1 Å². The van der Waals surface area contributed by atoms with E-state index >= 15 is 0 Å². The number of nitrogens with one attached hydrogen (secondary N) is 1. The Morgan fingerprint density at radius 1 is 1.04 bits per heavy atom. The summed E-state index contributed by atoms with van der Waals surface area (Å²) in [5.41, 5.74) is 2.63. The Labute approximate surface area is 151 Å². The molecule has 0 saturated carbocycles. The van der Waals surface area contributed by atoms with Crippen molar-refractivity contribution in [1.82, 2.24) is 10.2 Å². The van der Waals surface area contributed by atoms with Gasteiger partial charge in [-0.05, 0) is 43.2 Å². The number of benzene rings is 2. The smallest absolute Gasteiger partial charge is 0.236 e. The van der Waals surface area contributed by atoms with E-state index in [2.05, 4.69) is 54.7 Å². The van der Waals surface area contributed by atoms with E-state index in [0.717, 1.165) is 32.4 Å². The normalized spacial score (nSPS) is 16.6. The second-order valence-corrected chi connectivity index (χ2v) is 7.03. The summed E-state index contributed by atoms with van der Waals surface area (Å²) in [6.45, 7) is 4.30. The number of carbonyl (C=O) groups is 1. The van der Waals surface area contributed by atoms with Crippen molar-refractivity contribution in [2.75, 3.05) is 19.6 Å². The minimum atomic E-state index is 0.195. The van der Waals surface area contributed by atoms with Crippen LogP contribution in [-0.4, -0.2) is 30.4 Å². The van der Waals surface area contributed by atoms with Crippen LogP contribution in [0.3, 0.4) is 0 Å².